The van der Waals surface area contributed by atoms with Crippen LogP contribution in [0.1, 0.15) is 45.4 Å². The second kappa shape index (κ2) is 9.71. The molecule has 1 amide bonds. The maximum absolute atomic E-state index is 12.7. The third kappa shape index (κ3) is 5.37. The lowest BCUT2D eigenvalue weighted by molar-refractivity contribution is -0.139. The summed E-state index contributed by atoms with van der Waals surface area (Å²) in [5.41, 5.74) is 5.98. The summed E-state index contributed by atoms with van der Waals surface area (Å²) in [5, 5.41) is 0. The number of hydrogen-bond donors (Lipinski definition) is 1. The van der Waals surface area contributed by atoms with Crippen LogP contribution in [0.4, 0.5) is 0 Å². The van der Waals surface area contributed by atoms with Crippen LogP contribution in [-0.4, -0.2) is 55.9 Å². The second-order valence-corrected chi connectivity index (χ2v) is 6.60. The van der Waals surface area contributed by atoms with Crippen LogP contribution in [0.5, 0.6) is 0 Å². The van der Waals surface area contributed by atoms with Crippen LogP contribution in [0.3, 0.4) is 0 Å². The number of ether oxygens (including phenoxy) is 2. The van der Waals surface area contributed by atoms with Crippen LogP contribution in [0.2, 0.25) is 0 Å². The molecule has 6 heteroatoms. The van der Waals surface area contributed by atoms with E-state index in [2.05, 4.69) is 6.92 Å². The fourth-order valence-electron chi connectivity index (χ4n) is 3.44. The molecule has 1 saturated heterocycles. The van der Waals surface area contributed by atoms with E-state index in [0.29, 0.717) is 12.6 Å². The summed E-state index contributed by atoms with van der Waals surface area (Å²) >= 11 is 0. The highest BCUT2D eigenvalue weighted by Gasteiger charge is 2.32. The molecule has 2 atom stereocenters. The van der Waals surface area contributed by atoms with Crippen LogP contribution >= 0.6 is 12.4 Å². The van der Waals surface area contributed by atoms with E-state index in [1.165, 1.54) is 12.8 Å². The van der Waals surface area contributed by atoms with Gasteiger partial charge in [-0.25, -0.2) is 0 Å². The Morgan fingerprint density at radius 2 is 2.00 bits per heavy atom. The predicted octanol–water partition coefficient (Wildman–Crippen LogP) is 1.97. The van der Waals surface area contributed by atoms with E-state index >= 15 is 0 Å². The minimum atomic E-state index is -0.559. The first kappa shape index (κ1) is 19.7. The third-order valence-corrected chi connectivity index (χ3v) is 4.80. The van der Waals surface area contributed by atoms with E-state index in [9.17, 15) is 4.79 Å². The molecule has 0 radical (unpaired) electrons. The minimum Gasteiger partial charge on any atom is -0.383 e. The van der Waals surface area contributed by atoms with Crippen LogP contribution in [-0.2, 0) is 14.3 Å². The number of amides is 1. The first-order valence-corrected chi connectivity index (χ1v) is 8.28. The molecule has 0 spiro atoms. The first-order chi connectivity index (χ1) is 10.1. The van der Waals surface area contributed by atoms with Gasteiger partial charge in [-0.15, -0.1) is 12.4 Å². The molecule has 1 heterocycles. The molecular formula is C16H31ClN2O3. The summed E-state index contributed by atoms with van der Waals surface area (Å²) in [6.07, 6.45) is 6.88. The number of halogens is 1. The van der Waals surface area contributed by atoms with Crippen molar-refractivity contribution < 1.29 is 14.3 Å². The standard InChI is InChI=1S/C16H30N2O3.ClH/c1-12-5-7-13(8-6-12)18(10-14-4-3-9-21-14)16(19)15(17)11-20-2;/h12-15H,3-11,17H2,1-2H3;1H. The van der Waals surface area contributed by atoms with Crippen molar-refractivity contribution in [2.24, 2.45) is 11.7 Å². The molecule has 130 valence electrons. The molecule has 0 bridgehead atoms. The highest BCUT2D eigenvalue weighted by Crippen LogP contribution is 2.28. The van der Waals surface area contributed by atoms with Crippen molar-refractivity contribution in [2.75, 3.05) is 26.9 Å². The highest BCUT2D eigenvalue weighted by molar-refractivity contribution is 5.85. The van der Waals surface area contributed by atoms with Crippen molar-refractivity contribution in [3.05, 3.63) is 0 Å². The van der Waals surface area contributed by atoms with Gasteiger partial charge < -0.3 is 20.1 Å². The molecule has 1 saturated carbocycles. The molecule has 2 aliphatic rings. The lowest BCUT2D eigenvalue weighted by Gasteiger charge is -2.38. The number of carbonyl (C=O) groups excluding carboxylic acids is 1. The molecule has 5 nitrogen and oxygen atoms in total. The third-order valence-electron chi connectivity index (χ3n) is 4.80. The van der Waals surface area contributed by atoms with Crippen LogP contribution < -0.4 is 5.73 Å². The first-order valence-electron chi connectivity index (χ1n) is 8.28. The van der Waals surface area contributed by atoms with Crippen molar-refractivity contribution in [3.8, 4) is 0 Å². The topological polar surface area (TPSA) is 64.8 Å². The molecule has 2 unspecified atom stereocenters. The molecule has 0 aromatic heterocycles. The zero-order chi connectivity index (χ0) is 15.2. The van der Waals surface area contributed by atoms with Crippen molar-refractivity contribution in [1.29, 1.82) is 0 Å². The molecular weight excluding hydrogens is 304 g/mol. The van der Waals surface area contributed by atoms with Gasteiger partial charge in [-0.05, 0) is 44.4 Å². The van der Waals surface area contributed by atoms with E-state index in [0.717, 1.165) is 38.2 Å². The summed E-state index contributed by atoms with van der Waals surface area (Å²) in [7, 11) is 1.58. The van der Waals surface area contributed by atoms with Crippen LogP contribution in [0, 0.1) is 5.92 Å². The van der Waals surface area contributed by atoms with E-state index in [1.807, 2.05) is 4.90 Å². The average molecular weight is 335 g/mol. The van der Waals surface area contributed by atoms with Gasteiger partial charge in [-0.3, -0.25) is 4.79 Å². The molecule has 1 aliphatic carbocycles. The monoisotopic (exact) mass is 334 g/mol. The molecule has 1 aliphatic heterocycles. The van der Waals surface area contributed by atoms with Gasteiger partial charge >= 0.3 is 0 Å². The fourth-order valence-corrected chi connectivity index (χ4v) is 3.44. The van der Waals surface area contributed by atoms with Crippen molar-refractivity contribution >= 4 is 18.3 Å². The Hall–Kier alpha value is -0.360. The van der Waals surface area contributed by atoms with Crippen molar-refractivity contribution in [3.63, 3.8) is 0 Å². The maximum Gasteiger partial charge on any atom is 0.242 e. The van der Waals surface area contributed by atoms with Gasteiger partial charge in [0, 0.05) is 26.3 Å². The number of methoxy groups -OCH3 is 1. The van der Waals surface area contributed by atoms with Gasteiger partial charge in [0.05, 0.1) is 12.7 Å². The van der Waals surface area contributed by atoms with E-state index in [4.69, 9.17) is 15.2 Å². The van der Waals surface area contributed by atoms with Gasteiger partial charge in [-0.1, -0.05) is 6.92 Å². The predicted molar refractivity (Wildman–Crippen MR) is 89.2 cm³/mol. The molecule has 22 heavy (non-hydrogen) atoms. The Kier molecular flexibility index (Phi) is 8.69. The smallest absolute Gasteiger partial charge is 0.242 e. The largest absolute Gasteiger partial charge is 0.383 e. The van der Waals surface area contributed by atoms with Gasteiger partial charge in [0.1, 0.15) is 6.04 Å². The van der Waals surface area contributed by atoms with Gasteiger partial charge in [0.25, 0.3) is 0 Å². The summed E-state index contributed by atoms with van der Waals surface area (Å²) in [6, 6.07) is -0.239. The summed E-state index contributed by atoms with van der Waals surface area (Å²) in [4.78, 5) is 14.7. The zero-order valence-electron chi connectivity index (χ0n) is 13.8. The van der Waals surface area contributed by atoms with E-state index in [1.54, 1.807) is 7.11 Å². The summed E-state index contributed by atoms with van der Waals surface area (Å²) < 4.78 is 10.8. The Balaban J connectivity index is 0.00000242. The number of hydrogen-bond acceptors (Lipinski definition) is 4. The lowest BCUT2D eigenvalue weighted by atomic mass is 9.86. The number of nitrogens with two attached hydrogens (primary N) is 1. The number of carbonyl (C=O) groups is 1. The highest BCUT2D eigenvalue weighted by atomic mass is 35.5. The number of nitrogens with zero attached hydrogens (tertiary/aromatic N) is 1. The van der Waals surface area contributed by atoms with Gasteiger partial charge in [0.15, 0.2) is 0 Å². The molecule has 0 aromatic carbocycles. The maximum atomic E-state index is 12.7. The molecule has 2 rings (SSSR count). The molecule has 2 fully saturated rings. The normalized spacial score (nSPS) is 29.7. The average Bonchev–Trinajstić information content (AvgIpc) is 2.98. The van der Waals surface area contributed by atoms with E-state index in [-0.39, 0.29) is 31.0 Å². The Morgan fingerprint density at radius 3 is 2.55 bits per heavy atom. The Labute approximate surface area is 140 Å². The van der Waals surface area contributed by atoms with E-state index < -0.39 is 6.04 Å². The second-order valence-electron chi connectivity index (χ2n) is 6.60. The Morgan fingerprint density at radius 1 is 1.32 bits per heavy atom. The van der Waals surface area contributed by atoms with Gasteiger partial charge in [-0.2, -0.15) is 0 Å². The fraction of sp³-hybridized carbons (Fsp3) is 0.938. The quantitative estimate of drug-likeness (QED) is 0.806. The SMILES string of the molecule is COCC(N)C(=O)N(CC1CCCO1)C1CCC(C)CC1.Cl. The number of rotatable bonds is 6. The molecule has 2 N–H and O–H groups in total. The van der Waals surface area contributed by atoms with Crippen molar-refractivity contribution in [1.82, 2.24) is 4.90 Å². The summed E-state index contributed by atoms with van der Waals surface area (Å²) in [6.45, 7) is 4.08. The lowest BCUT2D eigenvalue weighted by Crippen LogP contribution is -2.53. The van der Waals surface area contributed by atoms with Crippen LogP contribution in [0.25, 0.3) is 0 Å². The molecule has 0 aromatic rings. The van der Waals surface area contributed by atoms with Crippen molar-refractivity contribution in [2.45, 2.75) is 63.6 Å². The van der Waals surface area contributed by atoms with Crippen LogP contribution in [0.15, 0.2) is 0 Å². The van der Waals surface area contributed by atoms with Gasteiger partial charge in [0.2, 0.25) is 5.91 Å². The minimum absolute atomic E-state index is 0. The Bertz CT molecular complexity index is 329. The zero-order valence-corrected chi connectivity index (χ0v) is 14.6. The summed E-state index contributed by atoms with van der Waals surface area (Å²) in [5.74, 6) is 0.792.